The molecule has 0 aromatic carbocycles. The Labute approximate surface area is 117 Å². The van der Waals surface area contributed by atoms with E-state index in [-0.39, 0.29) is 6.42 Å². The molecule has 8 nitrogen and oxygen atoms in total. The molecule has 0 amide bonds. The molecule has 1 heterocycles. The van der Waals surface area contributed by atoms with Crippen LogP contribution in [-0.4, -0.2) is 62.6 Å². The zero-order chi connectivity index (χ0) is 15.6. The van der Waals surface area contributed by atoms with Crippen molar-refractivity contribution in [2.45, 2.75) is 62.4 Å². The van der Waals surface area contributed by atoms with Gasteiger partial charge in [-0.05, 0) is 6.42 Å². The fraction of sp³-hybridized carbons (Fsp3) is 0.917. The minimum absolute atomic E-state index is 0.0263. The highest BCUT2D eigenvalue weighted by Gasteiger charge is 2.63. The highest BCUT2D eigenvalue weighted by atomic mass is 16.7. The van der Waals surface area contributed by atoms with Crippen LogP contribution in [0.3, 0.4) is 0 Å². The summed E-state index contributed by atoms with van der Waals surface area (Å²) in [5.41, 5.74) is 8.85. The third kappa shape index (κ3) is 2.86. The van der Waals surface area contributed by atoms with Crippen LogP contribution in [0.4, 0.5) is 0 Å². The van der Waals surface area contributed by atoms with Gasteiger partial charge in [0.05, 0.1) is 6.61 Å². The minimum Gasteiger partial charge on any atom is -0.394 e. The van der Waals surface area contributed by atoms with E-state index in [1.54, 1.807) is 0 Å². The Morgan fingerprint density at radius 2 is 1.90 bits per heavy atom. The largest absolute Gasteiger partial charge is 0.394 e. The molecule has 1 aliphatic rings. The van der Waals surface area contributed by atoms with Gasteiger partial charge in [0, 0.05) is 6.42 Å². The number of Topliss-reactive ketones (excluding diaryl/α,β-unsaturated/α-hetero) is 1. The topological polar surface area (TPSA) is 159 Å². The minimum atomic E-state index is -2.65. The second-order valence-electron chi connectivity index (χ2n) is 5.23. The van der Waals surface area contributed by atoms with E-state index < -0.39 is 42.2 Å². The third-order valence-electron chi connectivity index (χ3n) is 3.67. The van der Waals surface area contributed by atoms with Crippen LogP contribution in [0.15, 0.2) is 0 Å². The summed E-state index contributed by atoms with van der Waals surface area (Å²) in [6.07, 6.45) is -2.61. The number of hydrogen-bond acceptors (Lipinski definition) is 8. The fourth-order valence-electron chi connectivity index (χ4n) is 2.23. The Balaban J connectivity index is 2.95. The van der Waals surface area contributed by atoms with Crippen molar-refractivity contribution in [2.24, 2.45) is 11.5 Å². The van der Waals surface area contributed by atoms with Crippen LogP contribution in [-0.2, 0) is 9.53 Å². The van der Waals surface area contributed by atoms with Crippen molar-refractivity contribution in [2.75, 3.05) is 6.61 Å². The quantitative estimate of drug-likeness (QED) is 0.232. The van der Waals surface area contributed by atoms with Crippen molar-refractivity contribution in [3.63, 3.8) is 0 Å². The maximum atomic E-state index is 12.1. The van der Waals surface area contributed by atoms with E-state index in [0.717, 1.165) is 12.8 Å². The van der Waals surface area contributed by atoms with Gasteiger partial charge in [0.2, 0.25) is 0 Å². The lowest BCUT2D eigenvalue weighted by molar-refractivity contribution is -0.323. The van der Waals surface area contributed by atoms with Crippen molar-refractivity contribution >= 4 is 5.78 Å². The summed E-state index contributed by atoms with van der Waals surface area (Å²) in [5, 5.41) is 39.0. The van der Waals surface area contributed by atoms with Gasteiger partial charge < -0.3 is 36.6 Å². The number of carbonyl (C=O) groups excluding carboxylic acids is 1. The van der Waals surface area contributed by atoms with E-state index >= 15 is 0 Å². The van der Waals surface area contributed by atoms with Crippen LogP contribution >= 0.6 is 0 Å². The number of aliphatic hydroxyl groups is 4. The predicted octanol–water partition coefficient (Wildman–Crippen LogP) is -2.45. The monoisotopic (exact) mass is 292 g/mol. The highest BCUT2D eigenvalue weighted by molar-refractivity contribution is 5.87. The normalized spacial score (nSPS) is 36.9. The van der Waals surface area contributed by atoms with Gasteiger partial charge in [0.25, 0.3) is 5.79 Å². The SMILES string of the molecule is CCCCCC(=O)C1(O)O[C@H](CO)[C@H](O)[C@H](O)C1(N)N. The maximum Gasteiger partial charge on any atom is 0.261 e. The Morgan fingerprint density at radius 1 is 1.30 bits per heavy atom. The van der Waals surface area contributed by atoms with Gasteiger partial charge in [-0.3, -0.25) is 4.79 Å². The van der Waals surface area contributed by atoms with E-state index in [1.807, 2.05) is 6.92 Å². The maximum absolute atomic E-state index is 12.1. The first-order valence-corrected chi connectivity index (χ1v) is 6.70. The number of hydrogen-bond donors (Lipinski definition) is 6. The molecule has 20 heavy (non-hydrogen) atoms. The number of aliphatic hydroxyl groups excluding tert-OH is 3. The average molecular weight is 292 g/mol. The lowest BCUT2D eigenvalue weighted by atomic mass is 9.82. The Morgan fingerprint density at radius 3 is 2.40 bits per heavy atom. The molecular formula is C12H24N2O6. The van der Waals surface area contributed by atoms with Crippen molar-refractivity contribution in [3.8, 4) is 0 Å². The van der Waals surface area contributed by atoms with E-state index in [2.05, 4.69) is 0 Å². The van der Waals surface area contributed by atoms with Gasteiger partial charge in [-0.1, -0.05) is 19.8 Å². The van der Waals surface area contributed by atoms with Crippen LogP contribution in [0.25, 0.3) is 0 Å². The molecule has 1 unspecified atom stereocenters. The summed E-state index contributed by atoms with van der Waals surface area (Å²) in [7, 11) is 0. The molecule has 8 heteroatoms. The molecule has 8 N–H and O–H groups in total. The molecule has 1 saturated heterocycles. The molecule has 0 saturated carbocycles. The first-order valence-electron chi connectivity index (χ1n) is 6.70. The third-order valence-corrected chi connectivity index (χ3v) is 3.67. The van der Waals surface area contributed by atoms with E-state index in [4.69, 9.17) is 21.3 Å². The van der Waals surface area contributed by atoms with Crippen LogP contribution in [0.5, 0.6) is 0 Å². The second-order valence-corrected chi connectivity index (χ2v) is 5.23. The zero-order valence-electron chi connectivity index (χ0n) is 11.5. The van der Waals surface area contributed by atoms with E-state index in [9.17, 15) is 20.1 Å². The summed E-state index contributed by atoms with van der Waals surface area (Å²) in [4.78, 5) is 12.1. The molecule has 0 aliphatic carbocycles. The van der Waals surface area contributed by atoms with Gasteiger partial charge in [0.1, 0.15) is 18.3 Å². The lowest BCUT2D eigenvalue weighted by Gasteiger charge is -2.50. The van der Waals surface area contributed by atoms with Crippen LogP contribution < -0.4 is 11.5 Å². The number of carbonyl (C=O) groups is 1. The van der Waals surface area contributed by atoms with Crippen molar-refractivity contribution in [1.29, 1.82) is 0 Å². The molecule has 0 radical (unpaired) electrons. The first-order chi connectivity index (χ1) is 9.22. The van der Waals surface area contributed by atoms with Gasteiger partial charge >= 0.3 is 0 Å². The Hall–Kier alpha value is -0.610. The standard InChI is InChI=1S/C12H24N2O6/c1-2-3-4-5-8(16)12(19)11(13,14)10(18)9(17)7(6-15)20-12/h7,9-10,15,17-19H,2-6,13-14H2,1H3/t7-,9+,10+,12?/m1/s1. The van der Waals surface area contributed by atoms with Crippen molar-refractivity contribution in [3.05, 3.63) is 0 Å². The Kier molecular flexibility index (Phi) is 5.61. The summed E-state index contributed by atoms with van der Waals surface area (Å²) >= 11 is 0. The summed E-state index contributed by atoms with van der Waals surface area (Å²) in [5.74, 6) is -3.42. The van der Waals surface area contributed by atoms with Gasteiger partial charge in [0.15, 0.2) is 11.4 Å². The van der Waals surface area contributed by atoms with Crippen molar-refractivity contribution < 1.29 is 30.0 Å². The van der Waals surface area contributed by atoms with Crippen LogP contribution in [0.2, 0.25) is 0 Å². The molecule has 1 aliphatic heterocycles. The second kappa shape index (κ2) is 6.44. The average Bonchev–Trinajstić information content (AvgIpc) is 2.41. The first kappa shape index (κ1) is 17.4. The molecule has 1 rings (SSSR count). The van der Waals surface area contributed by atoms with Crippen molar-refractivity contribution in [1.82, 2.24) is 0 Å². The number of nitrogens with two attached hydrogens (primary N) is 2. The smallest absolute Gasteiger partial charge is 0.261 e. The molecule has 1 fully saturated rings. The molecule has 0 aromatic rings. The van der Waals surface area contributed by atoms with Gasteiger partial charge in [-0.2, -0.15) is 0 Å². The predicted molar refractivity (Wildman–Crippen MR) is 69.2 cm³/mol. The highest BCUT2D eigenvalue weighted by Crippen LogP contribution is 2.33. The summed E-state index contributed by atoms with van der Waals surface area (Å²) < 4.78 is 5.01. The van der Waals surface area contributed by atoms with Crippen LogP contribution in [0.1, 0.15) is 32.6 Å². The molecule has 0 aromatic heterocycles. The number of rotatable bonds is 6. The number of unbranched alkanes of at least 4 members (excludes halogenated alkanes) is 2. The fourth-order valence-corrected chi connectivity index (χ4v) is 2.23. The summed E-state index contributed by atoms with van der Waals surface area (Å²) in [6, 6.07) is 0. The molecule has 0 spiro atoms. The lowest BCUT2D eigenvalue weighted by Crippen LogP contribution is -2.83. The van der Waals surface area contributed by atoms with Crippen LogP contribution in [0, 0.1) is 0 Å². The molecule has 4 atom stereocenters. The molecular weight excluding hydrogens is 268 g/mol. The van der Waals surface area contributed by atoms with E-state index in [0.29, 0.717) is 6.42 Å². The number of ketones is 1. The number of ether oxygens (including phenoxy) is 1. The molecule has 118 valence electrons. The Bertz CT molecular complexity index is 351. The zero-order valence-corrected chi connectivity index (χ0v) is 11.5. The van der Waals surface area contributed by atoms with Gasteiger partial charge in [-0.25, -0.2) is 0 Å². The van der Waals surface area contributed by atoms with E-state index in [1.165, 1.54) is 0 Å². The summed E-state index contributed by atoms with van der Waals surface area (Å²) in [6.45, 7) is 1.26. The van der Waals surface area contributed by atoms with Gasteiger partial charge in [-0.15, -0.1) is 0 Å². The molecule has 0 bridgehead atoms.